The topological polar surface area (TPSA) is 78.2 Å². The van der Waals surface area contributed by atoms with Gasteiger partial charge >= 0.3 is 0 Å². The SMILES string of the molecule is Cc1onc(-c2ccccc2)c1-c1ccc(NS(=O)[O-])cc1. The summed E-state index contributed by atoms with van der Waals surface area (Å²) in [6, 6.07) is 16.8. The average molecular weight is 313 g/mol. The highest BCUT2D eigenvalue weighted by atomic mass is 32.2. The van der Waals surface area contributed by atoms with Crippen LogP contribution >= 0.6 is 0 Å². The van der Waals surface area contributed by atoms with Crippen LogP contribution in [0.2, 0.25) is 0 Å². The van der Waals surface area contributed by atoms with Crippen molar-refractivity contribution in [3.05, 3.63) is 60.4 Å². The van der Waals surface area contributed by atoms with Gasteiger partial charge in [0.2, 0.25) is 0 Å². The Morgan fingerprint density at radius 1 is 1.05 bits per heavy atom. The molecule has 0 aliphatic rings. The van der Waals surface area contributed by atoms with Gasteiger partial charge in [-0.2, -0.15) is 0 Å². The van der Waals surface area contributed by atoms with Crippen LogP contribution in [-0.2, 0) is 11.3 Å². The van der Waals surface area contributed by atoms with E-state index in [1.165, 1.54) is 0 Å². The lowest BCUT2D eigenvalue weighted by molar-refractivity contribution is 0.400. The molecule has 5 nitrogen and oxygen atoms in total. The van der Waals surface area contributed by atoms with Gasteiger partial charge in [-0.15, -0.1) is 0 Å². The second kappa shape index (κ2) is 6.13. The minimum atomic E-state index is -2.33. The van der Waals surface area contributed by atoms with Crippen molar-refractivity contribution in [1.29, 1.82) is 0 Å². The van der Waals surface area contributed by atoms with Crippen molar-refractivity contribution >= 4 is 17.0 Å². The Bertz CT molecular complexity index is 798. The summed E-state index contributed by atoms with van der Waals surface area (Å²) in [5, 5.41) is 4.14. The van der Waals surface area contributed by atoms with E-state index >= 15 is 0 Å². The van der Waals surface area contributed by atoms with Gasteiger partial charge in [0, 0.05) is 22.5 Å². The molecular formula is C16H13N2O3S-. The Labute approximate surface area is 130 Å². The highest BCUT2D eigenvalue weighted by molar-refractivity contribution is 7.80. The molecule has 6 heteroatoms. The first-order chi connectivity index (χ1) is 10.6. The average Bonchev–Trinajstić information content (AvgIpc) is 2.90. The monoisotopic (exact) mass is 313 g/mol. The molecule has 0 fully saturated rings. The van der Waals surface area contributed by atoms with Crippen LogP contribution in [0.5, 0.6) is 0 Å². The summed E-state index contributed by atoms with van der Waals surface area (Å²) in [7, 11) is 0. The fraction of sp³-hybridized carbons (Fsp3) is 0.0625. The first-order valence-corrected chi connectivity index (χ1v) is 7.70. The molecule has 1 N–H and O–H groups in total. The molecule has 1 atom stereocenters. The number of aryl methyl sites for hydroxylation is 1. The molecule has 1 aromatic heterocycles. The van der Waals surface area contributed by atoms with Gasteiger partial charge in [-0.3, -0.25) is 4.21 Å². The van der Waals surface area contributed by atoms with E-state index in [4.69, 9.17) is 4.52 Å². The largest absolute Gasteiger partial charge is 0.755 e. The van der Waals surface area contributed by atoms with Gasteiger partial charge in [0.25, 0.3) is 0 Å². The fourth-order valence-corrected chi connectivity index (χ4v) is 2.63. The van der Waals surface area contributed by atoms with Crippen molar-refractivity contribution in [2.75, 3.05) is 4.72 Å². The van der Waals surface area contributed by atoms with Gasteiger partial charge in [0.1, 0.15) is 11.5 Å². The standard InChI is InChI=1S/C16H14N2O3S/c1-11-15(12-7-9-14(10-8-12)18-22(19)20)16(17-21-11)13-5-3-2-4-6-13/h2-10,18H,1H3,(H,19,20)/p-1. The number of anilines is 1. The van der Waals surface area contributed by atoms with Gasteiger partial charge < -0.3 is 13.8 Å². The van der Waals surface area contributed by atoms with Crippen molar-refractivity contribution in [1.82, 2.24) is 5.16 Å². The van der Waals surface area contributed by atoms with Crippen molar-refractivity contribution in [2.24, 2.45) is 0 Å². The molecule has 112 valence electrons. The van der Waals surface area contributed by atoms with Gasteiger partial charge in [0.05, 0.1) is 5.56 Å². The summed E-state index contributed by atoms with van der Waals surface area (Å²) in [6.45, 7) is 1.85. The first-order valence-electron chi connectivity index (χ1n) is 6.63. The van der Waals surface area contributed by atoms with Gasteiger partial charge in [-0.25, -0.2) is 0 Å². The summed E-state index contributed by atoms with van der Waals surface area (Å²) in [5.41, 5.74) is 4.07. The highest BCUT2D eigenvalue weighted by Crippen LogP contribution is 2.34. The van der Waals surface area contributed by atoms with Crippen LogP contribution in [0, 0.1) is 6.92 Å². The van der Waals surface area contributed by atoms with Crippen LogP contribution < -0.4 is 4.72 Å². The van der Waals surface area contributed by atoms with Crippen molar-refractivity contribution in [3.8, 4) is 22.4 Å². The maximum Gasteiger partial charge on any atom is 0.142 e. The minimum Gasteiger partial charge on any atom is -0.755 e. The van der Waals surface area contributed by atoms with Crippen LogP contribution in [0.1, 0.15) is 5.76 Å². The Morgan fingerprint density at radius 2 is 1.73 bits per heavy atom. The Morgan fingerprint density at radius 3 is 2.36 bits per heavy atom. The molecule has 0 saturated carbocycles. The molecule has 0 spiro atoms. The number of hydrogen-bond acceptors (Lipinski definition) is 4. The Hall–Kier alpha value is -2.44. The van der Waals surface area contributed by atoms with E-state index in [2.05, 4.69) is 9.88 Å². The molecule has 0 aliphatic heterocycles. The number of benzene rings is 2. The fourth-order valence-electron chi connectivity index (χ4n) is 2.31. The summed E-state index contributed by atoms with van der Waals surface area (Å²) in [6.07, 6.45) is 0. The van der Waals surface area contributed by atoms with Gasteiger partial charge in [-0.05, 0) is 24.6 Å². The molecule has 0 amide bonds. The van der Waals surface area contributed by atoms with Crippen molar-refractivity contribution in [2.45, 2.75) is 6.92 Å². The normalized spacial score (nSPS) is 12.1. The van der Waals surface area contributed by atoms with Crippen LogP contribution in [-0.4, -0.2) is 13.9 Å². The van der Waals surface area contributed by atoms with E-state index in [1.54, 1.807) is 12.1 Å². The van der Waals surface area contributed by atoms with Crippen LogP contribution in [0.4, 0.5) is 5.69 Å². The smallest absolute Gasteiger partial charge is 0.142 e. The third-order valence-corrected chi connectivity index (χ3v) is 3.69. The molecule has 0 bridgehead atoms. The number of rotatable bonds is 4. The van der Waals surface area contributed by atoms with Crippen molar-refractivity contribution in [3.63, 3.8) is 0 Å². The maximum absolute atomic E-state index is 10.6. The summed E-state index contributed by atoms with van der Waals surface area (Å²) in [5.74, 6) is 0.715. The van der Waals surface area contributed by atoms with Crippen LogP contribution in [0.25, 0.3) is 22.4 Å². The van der Waals surface area contributed by atoms with Gasteiger partial charge in [-0.1, -0.05) is 47.6 Å². The second-order valence-electron chi connectivity index (χ2n) is 4.74. The zero-order valence-corrected chi connectivity index (χ0v) is 12.6. The molecule has 3 rings (SSSR count). The highest BCUT2D eigenvalue weighted by Gasteiger charge is 2.16. The lowest BCUT2D eigenvalue weighted by atomic mass is 9.99. The molecule has 1 heterocycles. The van der Waals surface area contributed by atoms with E-state index in [9.17, 15) is 8.76 Å². The Kier molecular flexibility index (Phi) is 4.04. The summed E-state index contributed by atoms with van der Waals surface area (Å²) < 4.78 is 28.9. The third kappa shape index (κ3) is 2.93. The third-order valence-electron chi connectivity index (χ3n) is 3.28. The molecular weight excluding hydrogens is 300 g/mol. The van der Waals surface area contributed by atoms with E-state index in [-0.39, 0.29) is 0 Å². The summed E-state index contributed by atoms with van der Waals surface area (Å²) in [4.78, 5) is 0. The van der Waals surface area contributed by atoms with Crippen molar-refractivity contribution < 1.29 is 13.3 Å². The van der Waals surface area contributed by atoms with E-state index in [0.29, 0.717) is 11.4 Å². The van der Waals surface area contributed by atoms with Gasteiger partial charge in [0.15, 0.2) is 0 Å². The van der Waals surface area contributed by atoms with Crippen LogP contribution in [0.15, 0.2) is 59.1 Å². The zero-order valence-electron chi connectivity index (χ0n) is 11.8. The molecule has 0 radical (unpaired) electrons. The first kappa shape index (κ1) is 14.5. The second-order valence-corrected chi connectivity index (χ2v) is 5.42. The van der Waals surface area contributed by atoms with Crippen LogP contribution in [0.3, 0.4) is 0 Å². The lowest BCUT2D eigenvalue weighted by Crippen LogP contribution is -2.01. The number of nitrogens with one attached hydrogen (secondary N) is 1. The van der Waals surface area contributed by atoms with E-state index < -0.39 is 11.3 Å². The predicted octanol–water partition coefficient (Wildman–Crippen LogP) is 3.52. The quantitative estimate of drug-likeness (QED) is 0.747. The molecule has 1 unspecified atom stereocenters. The Balaban J connectivity index is 2.02. The molecule has 0 saturated heterocycles. The summed E-state index contributed by atoms with van der Waals surface area (Å²) >= 11 is -2.33. The molecule has 3 aromatic rings. The molecule has 2 aromatic carbocycles. The number of hydrogen-bond donors (Lipinski definition) is 1. The lowest BCUT2D eigenvalue weighted by Gasteiger charge is -2.09. The molecule has 0 aliphatic carbocycles. The number of aromatic nitrogens is 1. The van der Waals surface area contributed by atoms with E-state index in [1.807, 2.05) is 49.4 Å². The zero-order chi connectivity index (χ0) is 15.5. The predicted molar refractivity (Wildman–Crippen MR) is 84.7 cm³/mol. The minimum absolute atomic E-state index is 0.507. The van der Waals surface area contributed by atoms with E-state index in [0.717, 1.165) is 22.4 Å². The maximum atomic E-state index is 10.6. The number of nitrogens with zero attached hydrogens (tertiary/aromatic N) is 1. The molecule has 22 heavy (non-hydrogen) atoms.